The molecule has 6 heteroatoms. The Morgan fingerprint density at radius 2 is 2.30 bits per heavy atom. The van der Waals surface area contributed by atoms with Crippen LogP contribution in [0.2, 0.25) is 0 Å². The number of aryl methyl sites for hydroxylation is 2. The molecule has 0 aliphatic heterocycles. The molecular formula is C14H18N2O2S2. The molecule has 1 amide bonds. The zero-order valence-electron chi connectivity index (χ0n) is 11.8. The number of aromatic nitrogens is 1. The first-order valence-electron chi connectivity index (χ1n) is 6.33. The van der Waals surface area contributed by atoms with Gasteiger partial charge in [0, 0.05) is 18.4 Å². The van der Waals surface area contributed by atoms with Gasteiger partial charge in [-0.15, -0.1) is 11.3 Å². The van der Waals surface area contributed by atoms with E-state index in [4.69, 9.17) is 4.74 Å². The van der Waals surface area contributed by atoms with Gasteiger partial charge in [-0.3, -0.25) is 4.79 Å². The molecule has 20 heavy (non-hydrogen) atoms. The van der Waals surface area contributed by atoms with Crippen LogP contribution in [0, 0.1) is 13.8 Å². The van der Waals surface area contributed by atoms with E-state index in [2.05, 4.69) is 28.7 Å². The number of nitrogens with one attached hydrogen (secondary N) is 1. The standard InChI is InChI=1S/C14H18N2O2S2/c1-9-10(2)20-14(15-9)12(16-13(17)7-18-3)6-11-4-5-19-8-11/h4-5,8,12H,6-7H2,1-3H3,(H,16,17). The normalized spacial score (nSPS) is 12.3. The molecule has 108 valence electrons. The van der Waals surface area contributed by atoms with Crippen molar-refractivity contribution < 1.29 is 9.53 Å². The molecule has 0 saturated carbocycles. The zero-order valence-corrected chi connectivity index (χ0v) is 13.4. The van der Waals surface area contributed by atoms with Crippen molar-refractivity contribution >= 4 is 28.6 Å². The maximum atomic E-state index is 11.8. The van der Waals surface area contributed by atoms with Gasteiger partial charge >= 0.3 is 0 Å². The number of amides is 1. The predicted molar refractivity (Wildman–Crippen MR) is 82.4 cm³/mol. The van der Waals surface area contributed by atoms with Crippen molar-refractivity contribution in [2.75, 3.05) is 13.7 Å². The fourth-order valence-corrected chi connectivity index (χ4v) is 3.51. The molecule has 2 heterocycles. The van der Waals surface area contributed by atoms with Gasteiger partial charge in [-0.2, -0.15) is 11.3 Å². The number of carbonyl (C=O) groups excluding carboxylic acids is 1. The summed E-state index contributed by atoms with van der Waals surface area (Å²) in [5.74, 6) is -0.113. The molecule has 0 radical (unpaired) electrons. The lowest BCUT2D eigenvalue weighted by molar-refractivity contribution is -0.125. The van der Waals surface area contributed by atoms with Crippen LogP contribution in [-0.4, -0.2) is 24.6 Å². The summed E-state index contributed by atoms with van der Waals surface area (Å²) in [5.41, 5.74) is 2.24. The fourth-order valence-electron chi connectivity index (χ4n) is 1.86. The third-order valence-corrected chi connectivity index (χ3v) is 4.89. The Morgan fingerprint density at radius 3 is 2.85 bits per heavy atom. The molecule has 1 N–H and O–H groups in total. The molecule has 4 nitrogen and oxygen atoms in total. The molecule has 0 aromatic carbocycles. The summed E-state index contributed by atoms with van der Waals surface area (Å²) in [5, 5.41) is 8.10. The first kappa shape index (κ1) is 15.2. The van der Waals surface area contributed by atoms with Gasteiger partial charge < -0.3 is 10.1 Å². The summed E-state index contributed by atoms with van der Waals surface area (Å²) in [4.78, 5) is 17.6. The molecule has 0 fully saturated rings. The van der Waals surface area contributed by atoms with Crippen LogP contribution < -0.4 is 5.32 Å². The van der Waals surface area contributed by atoms with Crippen LogP contribution in [0.25, 0.3) is 0 Å². The van der Waals surface area contributed by atoms with Crippen molar-refractivity contribution in [3.63, 3.8) is 0 Å². The summed E-state index contributed by atoms with van der Waals surface area (Å²) >= 11 is 3.30. The fraction of sp³-hybridized carbons (Fsp3) is 0.429. The summed E-state index contributed by atoms with van der Waals surface area (Å²) in [6.45, 7) is 4.12. The lowest BCUT2D eigenvalue weighted by Gasteiger charge is -2.15. The van der Waals surface area contributed by atoms with E-state index in [9.17, 15) is 4.79 Å². The van der Waals surface area contributed by atoms with Gasteiger partial charge in [0.15, 0.2) is 0 Å². The number of thiazole rings is 1. The van der Waals surface area contributed by atoms with E-state index < -0.39 is 0 Å². The van der Waals surface area contributed by atoms with Crippen LogP contribution >= 0.6 is 22.7 Å². The number of hydrogen-bond acceptors (Lipinski definition) is 5. The first-order valence-corrected chi connectivity index (χ1v) is 8.09. The highest BCUT2D eigenvalue weighted by Gasteiger charge is 2.19. The van der Waals surface area contributed by atoms with Crippen molar-refractivity contribution in [2.24, 2.45) is 0 Å². The lowest BCUT2D eigenvalue weighted by atomic mass is 10.1. The molecule has 0 aliphatic carbocycles. The van der Waals surface area contributed by atoms with Crippen molar-refractivity contribution in [1.29, 1.82) is 0 Å². The minimum absolute atomic E-state index is 0.0729. The SMILES string of the molecule is COCC(=O)NC(Cc1ccsc1)c1nc(C)c(C)s1. The number of ether oxygens (including phenoxy) is 1. The van der Waals surface area contributed by atoms with E-state index in [1.807, 2.05) is 12.3 Å². The molecule has 0 spiro atoms. The van der Waals surface area contributed by atoms with E-state index in [-0.39, 0.29) is 18.6 Å². The second-order valence-corrected chi connectivity index (χ2v) is 6.60. The molecule has 1 unspecified atom stereocenters. The van der Waals surface area contributed by atoms with E-state index >= 15 is 0 Å². The lowest BCUT2D eigenvalue weighted by Crippen LogP contribution is -2.32. The van der Waals surface area contributed by atoms with Crippen molar-refractivity contribution in [3.8, 4) is 0 Å². The van der Waals surface area contributed by atoms with Gasteiger partial charge in [0.05, 0.1) is 11.7 Å². The van der Waals surface area contributed by atoms with Gasteiger partial charge in [0.25, 0.3) is 0 Å². The molecule has 2 aromatic rings. The quantitative estimate of drug-likeness (QED) is 0.892. The number of carbonyl (C=O) groups is 1. The third-order valence-electron chi connectivity index (χ3n) is 2.97. The van der Waals surface area contributed by atoms with Crippen LogP contribution in [0.3, 0.4) is 0 Å². The zero-order chi connectivity index (χ0) is 14.5. The van der Waals surface area contributed by atoms with Crippen LogP contribution in [0.4, 0.5) is 0 Å². The smallest absolute Gasteiger partial charge is 0.246 e. The molecule has 0 saturated heterocycles. The number of nitrogens with zero attached hydrogens (tertiary/aromatic N) is 1. The Bertz CT molecular complexity index is 544. The highest BCUT2D eigenvalue weighted by atomic mass is 32.1. The highest BCUT2D eigenvalue weighted by Crippen LogP contribution is 2.26. The minimum atomic E-state index is -0.113. The van der Waals surface area contributed by atoms with Gasteiger partial charge in [0.1, 0.15) is 11.6 Å². The molecule has 2 rings (SSSR count). The maximum Gasteiger partial charge on any atom is 0.246 e. The van der Waals surface area contributed by atoms with Gasteiger partial charge in [-0.05, 0) is 36.2 Å². The highest BCUT2D eigenvalue weighted by molar-refractivity contribution is 7.11. The van der Waals surface area contributed by atoms with Crippen molar-refractivity contribution in [3.05, 3.63) is 38.0 Å². The van der Waals surface area contributed by atoms with Crippen molar-refractivity contribution in [1.82, 2.24) is 10.3 Å². The Kier molecular flexibility index (Phi) is 5.28. The average Bonchev–Trinajstić information content (AvgIpc) is 3.00. The largest absolute Gasteiger partial charge is 0.375 e. The van der Waals surface area contributed by atoms with E-state index in [0.29, 0.717) is 0 Å². The van der Waals surface area contributed by atoms with Crippen LogP contribution in [0.5, 0.6) is 0 Å². The number of methoxy groups -OCH3 is 1. The maximum absolute atomic E-state index is 11.8. The van der Waals surface area contributed by atoms with Crippen LogP contribution in [0.1, 0.15) is 27.2 Å². The average molecular weight is 310 g/mol. The monoisotopic (exact) mass is 310 g/mol. The Morgan fingerprint density at radius 1 is 1.50 bits per heavy atom. The molecule has 0 aliphatic rings. The van der Waals surface area contributed by atoms with Crippen molar-refractivity contribution in [2.45, 2.75) is 26.3 Å². The molecular weight excluding hydrogens is 292 g/mol. The van der Waals surface area contributed by atoms with Gasteiger partial charge in [-0.1, -0.05) is 0 Å². The molecule has 2 aromatic heterocycles. The van der Waals surface area contributed by atoms with Crippen LogP contribution in [0.15, 0.2) is 16.8 Å². The molecule has 0 bridgehead atoms. The van der Waals surface area contributed by atoms with E-state index in [1.165, 1.54) is 17.6 Å². The Labute approximate surface area is 126 Å². The summed E-state index contributed by atoms with van der Waals surface area (Å²) in [6, 6.07) is 1.98. The predicted octanol–water partition coefficient (Wildman–Crippen LogP) is 2.87. The summed E-state index contributed by atoms with van der Waals surface area (Å²) in [6.07, 6.45) is 0.755. The molecule has 1 atom stereocenters. The van der Waals surface area contributed by atoms with E-state index in [1.54, 1.807) is 22.7 Å². The topological polar surface area (TPSA) is 51.2 Å². The number of hydrogen-bond donors (Lipinski definition) is 1. The number of rotatable bonds is 6. The summed E-state index contributed by atoms with van der Waals surface area (Å²) < 4.78 is 4.88. The van der Waals surface area contributed by atoms with Crippen LogP contribution in [-0.2, 0) is 16.0 Å². The van der Waals surface area contributed by atoms with Gasteiger partial charge in [0.2, 0.25) is 5.91 Å². The van der Waals surface area contributed by atoms with E-state index in [0.717, 1.165) is 17.1 Å². The van der Waals surface area contributed by atoms with Gasteiger partial charge in [-0.25, -0.2) is 4.98 Å². The Balaban J connectivity index is 2.16. The minimum Gasteiger partial charge on any atom is -0.375 e. The first-order chi connectivity index (χ1) is 9.60. The Hall–Kier alpha value is -1.24. The second kappa shape index (κ2) is 6.97. The summed E-state index contributed by atoms with van der Waals surface area (Å²) in [7, 11) is 1.52. The number of thiophene rings is 1. The third kappa shape index (κ3) is 3.88. The second-order valence-electron chi connectivity index (χ2n) is 4.58.